The van der Waals surface area contributed by atoms with Crippen molar-refractivity contribution < 1.29 is 38.7 Å². The van der Waals surface area contributed by atoms with E-state index in [2.05, 4.69) is 20.3 Å². The van der Waals surface area contributed by atoms with E-state index in [0.717, 1.165) is 18.9 Å². The van der Waals surface area contributed by atoms with Crippen molar-refractivity contribution in [2.24, 2.45) is 5.41 Å². The van der Waals surface area contributed by atoms with Gasteiger partial charge in [-0.3, -0.25) is 4.79 Å². The fraction of sp³-hybridized carbons (Fsp3) is 0.500. The predicted octanol–water partition coefficient (Wildman–Crippen LogP) is 2.71. The summed E-state index contributed by atoms with van der Waals surface area (Å²) in [5.74, 6) is -0.833. The van der Waals surface area contributed by atoms with Crippen LogP contribution in [0.1, 0.15) is 32.8 Å². The van der Waals surface area contributed by atoms with Crippen LogP contribution in [0.3, 0.4) is 0 Å². The Morgan fingerprint density at radius 2 is 1.74 bits per heavy atom. The molecule has 0 bridgehead atoms. The van der Waals surface area contributed by atoms with Gasteiger partial charge in [-0.05, 0) is 24.5 Å². The van der Waals surface area contributed by atoms with Crippen LogP contribution in [-0.2, 0) is 35.2 Å². The molecule has 0 unspecified atom stereocenters. The summed E-state index contributed by atoms with van der Waals surface area (Å²) in [4.78, 5) is 9.39. The number of carboxylic acid groups (broad SMARTS) is 1. The summed E-state index contributed by atoms with van der Waals surface area (Å²) in [7, 11) is -3.35. The van der Waals surface area contributed by atoms with Gasteiger partial charge in [-0.15, -0.1) is 6.54 Å². The van der Waals surface area contributed by atoms with Crippen LogP contribution in [0.2, 0.25) is 0 Å². The van der Waals surface area contributed by atoms with Crippen LogP contribution in [0.5, 0.6) is 0 Å². The molecule has 1 fully saturated rings. The van der Waals surface area contributed by atoms with Gasteiger partial charge < -0.3 is 11.5 Å². The van der Waals surface area contributed by atoms with Gasteiger partial charge in [0.25, 0.3) is 5.97 Å². The average Bonchev–Trinajstić information content (AvgIpc) is 2.37. The van der Waals surface area contributed by atoms with Crippen LogP contribution in [0.4, 0.5) is 0 Å². The summed E-state index contributed by atoms with van der Waals surface area (Å²) < 4.78 is 26.6. The van der Waals surface area contributed by atoms with Gasteiger partial charge in [-0.1, -0.05) is 31.5 Å². The molecule has 1 heterocycles. The summed E-state index contributed by atoms with van der Waals surface area (Å²) in [5.41, 5.74) is 1.09. The Kier molecular flexibility index (Phi) is 8.65. The molecule has 1 saturated heterocycles. The second-order valence-corrected chi connectivity index (χ2v) is 8.22. The largest absolute Gasteiger partial charge is 0.481 e. The number of aliphatic carboxylic acids is 1. The van der Waals surface area contributed by atoms with Crippen LogP contribution >= 0.6 is 0 Å². The van der Waals surface area contributed by atoms with Gasteiger partial charge in [-0.25, -0.2) is 12.7 Å². The first-order valence-corrected chi connectivity index (χ1v) is 8.57. The Morgan fingerprint density at radius 3 is 2.17 bits per heavy atom. The molecule has 7 heteroatoms. The van der Waals surface area contributed by atoms with Crippen molar-refractivity contribution in [1.29, 1.82) is 0 Å². The van der Waals surface area contributed by atoms with Gasteiger partial charge in [0.05, 0.1) is 4.90 Å². The Hall–Kier alpha value is -0.738. The first-order chi connectivity index (χ1) is 10.0. The van der Waals surface area contributed by atoms with Gasteiger partial charge in [0.2, 0.25) is 10.0 Å². The van der Waals surface area contributed by atoms with E-state index >= 15 is 0 Å². The molecule has 0 amide bonds. The zero-order chi connectivity index (χ0) is 17.0. The number of carboxylic acids is 1. The van der Waals surface area contributed by atoms with E-state index in [1.54, 1.807) is 16.4 Å². The Labute approximate surface area is 152 Å². The quantitative estimate of drug-likeness (QED) is 0.576. The monoisotopic (exact) mass is 432 g/mol. The number of nitrogens with zero attached hydrogens (tertiary/aromatic N) is 1. The molecule has 1 aliphatic heterocycles. The van der Waals surface area contributed by atoms with Crippen LogP contribution in [0.15, 0.2) is 29.2 Å². The van der Waals surface area contributed by atoms with Gasteiger partial charge in [0.15, 0.2) is 0 Å². The molecule has 134 valence electrons. The zero-order valence-corrected chi connectivity index (χ0v) is 16.2. The third kappa shape index (κ3) is 7.13. The molecule has 0 saturated carbocycles. The topological polar surface area (TPSA) is 74.7 Å². The Morgan fingerprint density at radius 1 is 1.26 bits per heavy atom. The van der Waals surface area contributed by atoms with Crippen molar-refractivity contribution in [2.45, 2.75) is 39.0 Å². The van der Waals surface area contributed by atoms with Crippen molar-refractivity contribution >= 4 is 16.0 Å². The molecule has 0 radical (unpaired) electrons. The minimum Gasteiger partial charge on any atom is -0.481 e. The smallest absolute Gasteiger partial charge is 0.300 e. The van der Waals surface area contributed by atoms with E-state index in [4.69, 9.17) is 9.90 Å². The first-order valence-electron chi connectivity index (χ1n) is 7.13. The average molecular weight is 433 g/mol. The molecule has 1 aromatic carbocycles. The van der Waals surface area contributed by atoms with E-state index in [1.165, 1.54) is 0 Å². The van der Waals surface area contributed by atoms with E-state index in [1.807, 2.05) is 19.1 Å². The summed E-state index contributed by atoms with van der Waals surface area (Å²) in [6.45, 7) is 8.33. The van der Waals surface area contributed by atoms with Crippen molar-refractivity contribution in [3.8, 4) is 0 Å². The fourth-order valence-corrected chi connectivity index (χ4v) is 3.85. The maximum absolute atomic E-state index is 12.5. The van der Waals surface area contributed by atoms with E-state index in [0.29, 0.717) is 18.0 Å². The number of benzene rings is 1. The zero-order valence-electron chi connectivity index (χ0n) is 13.9. The number of sulfonamides is 1. The van der Waals surface area contributed by atoms with Crippen molar-refractivity contribution in [2.75, 3.05) is 13.1 Å². The SMILES string of the molecule is CC(=O)O.Cc1ccc(S(=O)(=O)N2C[CH-]CC(C)(C)C2)cc1.[Pd]. The van der Waals surface area contributed by atoms with Crippen LogP contribution in [0.25, 0.3) is 0 Å². The predicted molar refractivity (Wildman–Crippen MR) is 85.9 cm³/mol. The molecular weight excluding hydrogens is 409 g/mol. The second kappa shape index (κ2) is 8.93. The normalized spacial score (nSPS) is 17.4. The van der Waals surface area contributed by atoms with E-state index in [-0.39, 0.29) is 25.8 Å². The van der Waals surface area contributed by atoms with Crippen LogP contribution < -0.4 is 0 Å². The fourth-order valence-electron chi connectivity index (χ4n) is 2.25. The molecule has 0 atom stereocenters. The molecule has 1 aromatic rings. The number of piperidine rings is 1. The van der Waals surface area contributed by atoms with Crippen molar-refractivity contribution in [3.05, 3.63) is 36.2 Å². The van der Waals surface area contributed by atoms with Gasteiger partial charge in [0, 0.05) is 33.9 Å². The number of aryl methyl sites for hydroxylation is 1. The molecular formula is C16H24NO4PdS-. The molecule has 1 aliphatic rings. The van der Waals surface area contributed by atoms with Crippen LogP contribution in [0, 0.1) is 18.8 Å². The molecule has 5 nitrogen and oxygen atoms in total. The number of rotatable bonds is 2. The maximum Gasteiger partial charge on any atom is 0.300 e. The maximum atomic E-state index is 12.5. The molecule has 0 aliphatic carbocycles. The van der Waals surface area contributed by atoms with Crippen molar-refractivity contribution in [1.82, 2.24) is 4.31 Å². The first kappa shape index (κ1) is 22.3. The van der Waals surface area contributed by atoms with Crippen LogP contribution in [-0.4, -0.2) is 36.9 Å². The Bertz CT molecular complexity index is 607. The summed E-state index contributed by atoms with van der Waals surface area (Å²) in [6.07, 6.45) is 3.02. The summed E-state index contributed by atoms with van der Waals surface area (Å²) >= 11 is 0. The standard InChI is InChI=1S/C14H20NO2S.C2H4O2.Pd/c1-12-5-7-13(8-6-12)18(16,17)15-10-4-9-14(2,3)11-15;1-2(3)4;/h4-8H,9-11H2,1-3H3;1H3,(H,3,4);/q-1;;. The van der Waals surface area contributed by atoms with E-state index in [9.17, 15) is 8.42 Å². The number of hydrogen-bond donors (Lipinski definition) is 1. The molecule has 0 spiro atoms. The number of carbonyl (C=O) groups is 1. The minimum absolute atomic E-state index is 0. The summed E-state index contributed by atoms with van der Waals surface area (Å²) in [5, 5.41) is 7.42. The van der Waals surface area contributed by atoms with Gasteiger partial charge in [0.1, 0.15) is 0 Å². The third-order valence-corrected chi connectivity index (χ3v) is 5.12. The van der Waals surface area contributed by atoms with Gasteiger partial charge in [-0.2, -0.15) is 6.42 Å². The molecule has 2 rings (SSSR count). The Balaban J connectivity index is 0.000000871. The van der Waals surface area contributed by atoms with Gasteiger partial charge >= 0.3 is 0 Å². The van der Waals surface area contributed by atoms with Crippen molar-refractivity contribution in [3.63, 3.8) is 0 Å². The summed E-state index contributed by atoms with van der Waals surface area (Å²) in [6, 6.07) is 7.05. The number of hydrogen-bond acceptors (Lipinski definition) is 3. The third-order valence-electron chi connectivity index (χ3n) is 3.29. The second-order valence-electron chi connectivity index (χ2n) is 6.29. The molecule has 1 N–H and O–H groups in total. The molecule has 23 heavy (non-hydrogen) atoms. The minimum atomic E-state index is -3.35. The molecule has 0 aromatic heterocycles. The van der Waals surface area contributed by atoms with E-state index < -0.39 is 16.0 Å².